The third-order valence-electron chi connectivity index (χ3n) is 6.40. The minimum atomic E-state index is -0.838. The van der Waals surface area contributed by atoms with E-state index < -0.39 is 11.6 Å². The summed E-state index contributed by atoms with van der Waals surface area (Å²) in [6.07, 6.45) is 3.51. The molecule has 0 bridgehead atoms. The van der Waals surface area contributed by atoms with E-state index in [4.69, 9.17) is 4.74 Å². The number of amides is 4. The van der Waals surface area contributed by atoms with Crippen molar-refractivity contribution >= 4 is 28.6 Å². The van der Waals surface area contributed by atoms with E-state index in [-0.39, 0.29) is 24.3 Å². The molecule has 1 heterocycles. The van der Waals surface area contributed by atoms with E-state index in [9.17, 15) is 14.4 Å². The summed E-state index contributed by atoms with van der Waals surface area (Å²) in [4.78, 5) is 38.9. The third kappa shape index (κ3) is 3.60. The molecule has 30 heavy (non-hydrogen) atoms. The smallest absolute Gasteiger partial charge is 0.325 e. The number of urea groups is 1. The SMILES string of the molecule is COc1ccc2cc(CNC(=O)CN3C(=O)N[C@]4(CCCC[C@@H]4C)C3=O)ccc2c1. The monoisotopic (exact) mass is 409 g/mol. The van der Waals surface area contributed by atoms with E-state index >= 15 is 0 Å². The van der Waals surface area contributed by atoms with Gasteiger partial charge in [0, 0.05) is 6.54 Å². The Labute approximate surface area is 175 Å². The topological polar surface area (TPSA) is 87.7 Å². The molecule has 2 N–H and O–H groups in total. The Hall–Kier alpha value is -3.09. The van der Waals surface area contributed by atoms with Gasteiger partial charge in [-0.25, -0.2) is 4.79 Å². The van der Waals surface area contributed by atoms with Crippen LogP contribution in [0.2, 0.25) is 0 Å². The van der Waals surface area contributed by atoms with Crippen LogP contribution < -0.4 is 15.4 Å². The zero-order valence-corrected chi connectivity index (χ0v) is 17.4. The second-order valence-electron chi connectivity index (χ2n) is 8.26. The van der Waals surface area contributed by atoms with Gasteiger partial charge in [0.25, 0.3) is 5.91 Å². The van der Waals surface area contributed by atoms with Crippen LogP contribution in [-0.4, -0.2) is 41.9 Å². The summed E-state index contributed by atoms with van der Waals surface area (Å²) < 4.78 is 5.24. The first-order chi connectivity index (χ1) is 14.4. The Bertz CT molecular complexity index is 1010. The first-order valence-electron chi connectivity index (χ1n) is 10.4. The van der Waals surface area contributed by atoms with Crippen molar-refractivity contribution < 1.29 is 19.1 Å². The molecule has 1 aliphatic heterocycles. The van der Waals surface area contributed by atoms with Crippen LogP contribution in [-0.2, 0) is 16.1 Å². The number of fused-ring (bicyclic) bond motifs is 1. The molecule has 158 valence electrons. The van der Waals surface area contributed by atoms with E-state index in [2.05, 4.69) is 10.6 Å². The molecule has 0 aromatic heterocycles. The summed E-state index contributed by atoms with van der Waals surface area (Å²) in [5.41, 5.74) is 0.102. The first kappa shape index (κ1) is 20.2. The Balaban J connectivity index is 1.38. The zero-order chi connectivity index (χ0) is 21.3. The molecule has 2 aliphatic rings. The fourth-order valence-corrected chi connectivity index (χ4v) is 4.55. The molecule has 2 aromatic rings. The molecular weight excluding hydrogens is 382 g/mol. The van der Waals surface area contributed by atoms with Crippen molar-refractivity contribution in [3.63, 3.8) is 0 Å². The lowest BCUT2D eigenvalue weighted by molar-refractivity contribution is -0.137. The molecule has 4 amide bonds. The highest BCUT2D eigenvalue weighted by atomic mass is 16.5. The first-order valence-corrected chi connectivity index (χ1v) is 10.4. The average Bonchev–Trinajstić information content (AvgIpc) is 2.98. The van der Waals surface area contributed by atoms with Crippen LogP contribution in [0.25, 0.3) is 10.8 Å². The Morgan fingerprint density at radius 1 is 1.20 bits per heavy atom. The van der Waals surface area contributed by atoms with Crippen molar-refractivity contribution in [2.24, 2.45) is 5.92 Å². The molecule has 7 heteroatoms. The van der Waals surface area contributed by atoms with Crippen molar-refractivity contribution in [2.45, 2.75) is 44.7 Å². The molecule has 1 saturated heterocycles. The van der Waals surface area contributed by atoms with E-state index in [0.29, 0.717) is 13.0 Å². The van der Waals surface area contributed by atoms with Crippen molar-refractivity contribution in [1.82, 2.24) is 15.5 Å². The van der Waals surface area contributed by atoms with Crippen LogP contribution in [0.1, 0.15) is 38.2 Å². The van der Waals surface area contributed by atoms with Gasteiger partial charge >= 0.3 is 6.03 Å². The molecule has 4 rings (SSSR count). The Morgan fingerprint density at radius 2 is 1.97 bits per heavy atom. The lowest BCUT2D eigenvalue weighted by Crippen LogP contribution is -2.54. The summed E-state index contributed by atoms with van der Waals surface area (Å²) in [6, 6.07) is 11.3. The number of hydrogen-bond donors (Lipinski definition) is 2. The van der Waals surface area contributed by atoms with Crippen molar-refractivity contribution in [1.29, 1.82) is 0 Å². The van der Waals surface area contributed by atoms with E-state index in [1.54, 1.807) is 7.11 Å². The van der Waals surface area contributed by atoms with E-state index in [1.165, 1.54) is 0 Å². The van der Waals surface area contributed by atoms with Crippen molar-refractivity contribution in [3.05, 3.63) is 42.0 Å². The number of nitrogens with zero attached hydrogens (tertiary/aromatic N) is 1. The number of nitrogens with one attached hydrogen (secondary N) is 2. The fraction of sp³-hybridized carbons (Fsp3) is 0.435. The van der Waals surface area contributed by atoms with Gasteiger partial charge in [-0.05, 0) is 53.3 Å². The minimum absolute atomic E-state index is 0.0759. The number of methoxy groups -OCH3 is 1. The van der Waals surface area contributed by atoms with Crippen LogP contribution in [0.3, 0.4) is 0 Å². The van der Waals surface area contributed by atoms with Gasteiger partial charge in [-0.3, -0.25) is 14.5 Å². The number of rotatable bonds is 5. The highest BCUT2D eigenvalue weighted by molar-refractivity contribution is 6.09. The molecule has 2 atom stereocenters. The van der Waals surface area contributed by atoms with Crippen LogP contribution in [0.15, 0.2) is 36.4 Å². The van der Waals surface area contributed by atoms with Crippen LogP contribution in [0.5, 0.6) is 5.75 Å². The fourth-order valence-electron chi connectivity index (χ4n) is 4.55. The second kappa shape index (κ2) is 7.97. The van der Waals surface area contributed by atoms with E-state index in [1.807, 2.05) is 43.3 Å². The largest absolute Gasteiger partial charge is 0.497 e. The number of carbonyl (C=O) groups excluding carboxylic acids is 3. The third-order valence-corrected chi connectivity index (χ3v) is 6.40. The molecule has 2 fully saturated rings. The van der Waals surface area contributed by atoms with Gasteiger partial charge in [0.1, 0.15) is 17.8 Å². The van der Waals surface area contributed by atoms with E-state index in [0.717, 1.165) is 46.2 Å². The molecule has 2 aromatic carbocycles. The highest BCUT2D eigenvalue weighted by Crippen LogP contribution is 2.38. The van der Waals surface area contributed by atoms with Gasteiger partial charge in [-0.2, -0.15) is 0 Å². The average molecular weight is 409 g/mol. The molecule has 0 unspecified atom stereocenters. The lowest BCUT2D eigenvalue weighted by Gasteiger charge is -2.36. The number of benzene rings is 2. The van der Waals surface area contributed by atoms with Crippen molar-refractivity contribution in [2.75, 3.05) is 13.7 Å². The standard InChI is InChI=1S/C23H27N3O4/c1-15-5-3-4-10-23(15)21(28)26(22(29)25-23)14-20(27)24-13-16-6-7-18-12-19(30-2)9-8-17(18)11-16/h6-9,11-12,15H,3-5,10,13-14H2,1-2H3,(H,24,27)(H,25,29)/t15-,23-/m0/s1. The van der Waals surface area contributed by atoms with Gasteiger partial charge in [-0.15, -0.1) is 0 Å². The number of carbonyl (C=O) groups is 3. The normalized spacial score (nSPS) is 23.7. The van der Waals surface area contributed by atoms with Gasteiger partial charge < -0.3 is 15.4 Å². The molecule has 1 saturated carbocycles. The van der Waals surface area contributed by atoms with Crippen LogP contribution in [0, 0.1) is 5.92 Å². The number of hydrogen-bond acceptors (Lipinski definition) is 4. The second-order valence-corrected chi connectivity index (χ2v) is 8.26. The molecule has 0 radical (unpaired) electrons. The van der Waals surface area contributed by atoms with Gasteiger partial charge in [-0.1, -0.05) is 38.0 Å². The summed E-state index contributed by atoms with van der Waals surface area (Å²) in [7, 11) is 1.63. The summed E-state index contributed by atoms with van der Waals surface area (Å²) in [5, 5.41) is 7.79. The quantitative estimate of drug-likeness (QED) is 0.744. The minimum Gasteiger partial charge on any atom is -0.497 e. The number of imide groups is 1. The molecule has 7 nitrogen and oxygen atoms in total. The summed E-state index contributed by atoms with van der Waals surface area (Å²) in [5.74, 6) is 0.248. The summed E-state index contributed by atoms with van der Waals surface area (Å²) >= 11 is 0. The molecule has 1 aliphatic carbocycles. The maximum absolute atomic E-state index is 13.0. The van der Waals surface area contributed by atoms with Crippen molar-refractivity contribution in [3.8, 4) is 5.75 Å². The van der Waals surface area contributed by atoms with Gasteiger partial charge in [0.15, 0.2) is 0 Å². The molecular formula is C23H27N3O4. The van der Waals surface area contributed by atoms with Gasteiger partial charge in [0.2, 0.25) is 5.91 Å². The maximum atomic E-state index is 13.0. The Morgan fingerprint density at radius 3 is 2.73 bits per heavy atom. The maximum Gasteiger partial charge on any atom is 0.325 e. The molecule has 1 spiro atoms. The summed E-state index contributed by atoms with van der Waals surface area (Å²) in [6.45, 7) is 2.06. The van der Waals surface area contributed by atoms with Crippen LogP contribution in [0.4, 0.5) is 4.79 Å². The predicted octanol–water partition coefficient (Wildman–Crippen LogP) is 2.97. The zero-order valence-electron chi connectivity index (χ0n) is 17.4. The van der Waals surface area contributed by atoms with Crippen LogP contribution >= 0.6 is 0 Å². The predicted molar refractivity (Wildman–Crippen MR) is 113 cm³/mol. The van der Waals surface area contributed by atoms with Gasteiger partial charge in [0.05, 0.1) is 7.11 Å². The highest BCUT2D eigenvalue weighted by Gasteiger charge is 2.55. The lowest BCUT2D eigenvalue weighted by atomic mass is 9.73. The Kier molecular flexibility index (Phi) is 5.37. The number of ether oxygens (including phenoxy) is 1.